The first-order valence-corrected chi connectivity index (χ1v) is 9.48. The van der Waals surface area contributed by atoms with Crippen LogP contribution in [0.2, 0.25) is 0 Å². The van der Waals surface area contributed by atoms with E-state index in [-0.39, 0.29) is 24.9 Å². The molecule has 1 aromatic carbocycles. The number of unbranched alkanes of at least 4 members (excludes halogenated alkanes) is 1. The van der Waals surface area contributed by atoms with Crippen LogP contribution in [-0.2, 0) is 16.0 Å². The molecule has 2 rings (SSSR count). The van der Waals surface area contributed by atoms with E-state index in [2.05, 4.69) is 12.1 Å². The number of esters is 1. The molecule has 1 aliphatic rings. The first-order valence-electron chi connectivity index (χ1n) is 9.48. The van der Waals surface area contributed by atoms with E-state index in [1.54, 1.807) is 6.08 Å². The molecule has 1 aliphatic heterocycles. The van der Waals surface area contributed by atoms with Gasteiger partial charge in [0.15, 0.2) is 0 Å². The molecule has 0 saturated carbocycles. The van der Waals surface area contributed by atoms with Crippen molar-refractivity contribution in [2.45, 2.75) is 75.8 Å². The predicted octanol–water partition coefficient (Wildman–Crippen LogP) is 2.52. The summed E-state index contributed by atoms with van der Waals surface area (Å²) in [6.45, 7) is 0. The largest absolute Gasteiger partial charge is 0.459 e. The van der Waals surface area contributed by atoms with E-state index >= 15 is 0 Å². The normalized spacial score (nSPS) is 20.4. The van der Waals surface area contributed by atoms with E-state index in [1.165, 1.54) is 11.6 Å². The van der Waals surface area contributed by atoms with Crippen molar-refractivity contribution in [2.75, 3.05) is 0 Å². The number of aryl methyl sites for hydroxylation is 1. The lowest BCUT2D eigenvalue weighted by Crippen LogP contribution is -2.29. The van der Waals surface area contributed by atoms with E-state index in [4.69, 9.17) is 4.74 Å². The molecule has 0 unspecified atom stereocenters. The molecule has 0 aromatic heterocycles. The zero-order valence-electron chi connectivity index (χ0n) is 15.2. The maximum atomic E-state index is 11.2. The third kappa shape index (κ3) is 8.13. The molecular weight excluding hydrogens is 332 g/mol. The average Bonchev–Trinajstić information content (AvgIpc) is 2.59. The summed E-state index contributed by atoms with van der Waals surface area (Å²) in [5.74, 6) is -0.389. The monoisotopic (exact) mass is 362 g/mol. The number of carbonyl (C=O) groups is 1. The Labute approximate surface area is 155 Å². The Morgan fingerprint density at radius 3 is 2.46 bits per heavy atom. The van der Waals surface area contributed by atoms with Gasteiger partial charge in [-0.05, 0) is 37.7 Å². The Kier molecular flexibility index (Phi) is 8.81. The van der Waals surface area contributed by atoms with Gasteiger partial charge >= 0.3 is 5.97 Å². The lowest BCUT2D eigenvalue weighted by molar-refractivity contribution is -0.145. The lowest BCUT2D eigenvalue weighted by Gasteiger charge is -2.23. The van der Waals surface area contributed by atoms with E-state index in [9.17, 15) is 20.1 Å². The molecule has 0 radical (unpaired) electrons. The molecule has 0 aliphatic carbocycles. The summed E-state index contributed by atoms with van der Waals surface area (Å²) in [6.07, 6.45) is 5.56. The fourth-order valence-corrected chi connectivity index (χ4v) is 3.31. The van der Waals surface area contributed by atoms with Gasteiger partial charge in [0.05, 0.1) is 18.3 Å². The van der Waals surface area contributed by atoms with Gasteiger partial charge in [0, 0.05) is 18.9 Å². The van der Waals surface area contributed by atoms with Gasteiger partial charge in [0.1, 0.15) is 6.10 Å². The van der Waals surface area contributed by atoms with Crippen LogP contribution in [0.25, 0.3) is 0 Å². The van der Waals surface area contributed by atoms with Gasteiger partial charge in [0.25, 0.3) is 0 Å². The molecule has 0 bridgehead atoms. The molecule has 0 spiro atoms. The third-order valence-corrected chi connectivity index (χ3v) is 4.65. The van der Waals surface area contributed by atoms with Crippen molar-refractivity contribution in [1.82, 2.24) is 0 Å². The standard InChI is InChI=1S/C21H30O5/c22-17(10-5-4-9-16-7-2-1-3-8-16)13-18(23)14-19(24)15-20-11-6-12-21(25)26-20/h1-3,6-8,12,17-20,22-24H,4-5,9-11,13-15H2/t17-,18-,19-,20+/m0/s1. The Hall–Kier alpha value is -1.69. The smallest absolute Gasteiger partial charge is 0.330 e. The SMILES string of the molecule is O=C1C=CC[C@H](C[C@@H](O)C[C@@H](O)C[C@@H](O)CCCCc2ccccc2)O1. The summed E-state index contributed by atoms with van der Waals surface area (Å²) < 4.78 is 5.10. The molecule has 0 fully saturated rings. The van der Waals surface area contributed by atoms with Gasteiger partial charge in [-0.3, -0.25) is 0 Å². The van der Waals surface area contributed by atoms with Crippen molar-refractivity contribution in [3.63, 3.8) is 0 Å². The minimum absolute atomic E-state index is 0.179. The van der Waals surface area contributed by atoms with Gasteiger partial charge in [0.2, 0.25) is 0 Å². The number of aliphatic hydroxyl groups excluding tert-OH is 3. The molecule has 1 aromatic rings. The van der Waals surface area contributed by atoms with E-state index in [0.29, 0.717) is 19.3 Å². The highest BCUT2D eigenvalue weighted by Crippen LogP contribution is 2.18. The van der Waals surface area contributed by atoms with Gasteiger partial charge in [-0.25, -0.2) is 4.79 Å². The molecule has 1 heterocycles. The summed E-state index contributed by atoms with van der Waals surface area (Å²) in [6, 6.07) is 10.2. The molecule has 4 atom stereocenters. The first kappa shape index (κ1) is 20.6. The zero-order valence-corrected chi connectivity index (χ0v) is 15.2. The topological polar surface area (TPSA) is 87.0 Å². The second-order valence-electron chi connectivity index (χ2n) is 7.10. The highest BCUT2D eigenvalue weighted by atomic mass is 16.5. The maximum Gasteiger partial charge on any atom is 0.330 e. The van der Waals surface area contributed by atoms with Gasteiger partial charge < -0.3 is 20.1 Å². The molecule has 5 heteroatoms. The Balaban J connectivity index is 1.56. The quantitative estimate of drug-likeness (QED) is 0.416. The Morgan fingerprint density at radius 1 is 1.00 bits per heavy atom. The van der Waals surface area contributed by atoms with Crippen LogP contribution in [0.3, 0.4) is 0 Å². The molecule has 0 saturated heterocycles. The summed E-state index contributed by atoms with van der Waals surface area (Å²) in [7, 11) is 0. The highest BCUT2D eigenvalue weighted by Gasteiger charge is 2.22. The molecular formula is C21H30O5. The minimum Gasteiger partial charge on any atom is -0.459 e. The number of aliphatic hydroxyl groups is 3. The van der Waals surface area contributed by atoms with Crippen LogP contribution in [0.15, 0.2) is 42.5 Å². The second-order valence-corrected chi connectivity index (χ2v) is 7.10. The fraction of sp³-hybridized carbons (Fsp3) is 0.571. The van der Waals surface area contributed by atoms with Crippen LogP contribution < -0.4 is 0 Å². The Bertz CT molecular complexity index is 557. The molecule has 144 valence electrons. The van der Waals surface area contributed by atoms with Crippen molar-refractivity contribution in [2.24, 2.45) is 0 Å². The summed E-state index contributed by atoms with van der Waals surface area (Å²) >= 11 is 0. The fourth-order valence-electron chi connectivity index (χ4n) is 3.31. The number of benzene rings is 1. The molecule has 5 nitrogen and oxygen atoms in total. The number of carbonyl (C=O) groups excluding carboxylic acids is 1. The van der Waals surface area contributed by atoms with Crippen LogP contribution in [0.1, 0.15) is 50.5 Å². The summed E-state index contributed by atoms with van der Waals surface area (Å²) in [5.41, 5.74) is 1.29. The van der Waals surface area contributed by atoms with E-state index < -0.39 is 18.3 Å². The number of hydrogen-bond donors (Lipinski definition) is 3. The number of hydrogen-bond acceptors (Lipinski definition) is 5. The number of rotatable bonds is 11. The number of ether oxygens (including phenoxy) is 1. The summed E-state index contributed by atoms with van der Waals surface area (Å²) in [4.78, 5) is 11.2. The number of cyclic esters (lactones) is 1. The molecule has 0 amide bonds. The van der Waals surface area contributed by atoms with Crippen molar-refractivity contribution < 1.29 is 24.9 Å². The lowest BCUT2D eigenvalue weighted by atomic mass is 9.97. The molecule has 3 N–H and O–H groups in total. The second kappa shape index (κ2) is 11.1. The average molecular weight is 362 g/mol. The van der Waals surface area contributed by atoms with Crippen molar-refractivity contribution in [1.29, 1.82) is 0 Å². The van der Waals surface area contributed by atoms with Crippen molar-refractivity contribution in [3.8, 4) is 0 Å². The zero-order chi connectivity index (χ0) is 18.8. The minimum atomic E-state index is -0.760. The van der Waals surface area contributed by atoms with E-state index in [0.717, 1.165) is 19.3 Å². The first-order chi connectivity index (χ1) is 12.5. The highest BCUT2D eigenvalue weighted by molar-refractivity contribution is 5.82. The van der Waals surface area contributed by atoms with E-state index in [1.807, 2.05) is 18.2 Å². The summed E-state index contributed by atoms with van der Waals surface area (Å²) in [5, 5.41) is 30.2. The predicted molar refractivity (Wildman–Crippen MR) is 99.5 cm³/mol. The van der Waals surface area contributed by atoms with Crippen LogP contribution in [0.4, 0.5) is 0 Å². The van der Waals surface area contributed by atoms with Gasteiger partial charge in [-0.15, -0.1) is 0 Å². The van der Waals surface area contributed by atoms with Crippen LogP contribution >= 0.6 is 0 Å². The van der Waals surface area contributed by atoms with Gasteiger partial charge in [-0.2, -0.15) is 0 Å². The van der Waals surface area contributed by atoms with Crippen LogP contribution in [-0.4, -0.2) is 45.7 Å². The third-order valence-electron chi connectivity index (χ3n) is 4.65. The van der Waals surface area contributed by atoms with Crippen molar-refractivity contribution >= 4 is 5.97 Å². The van der Waals surface area contributed by atoms with Crippen molar-refractivity contribution in [3.05, 3.63) is 48.0 Å². The molecule has 26 heavy (non-hydrogen) atoms. The van der Waals surface area contributed by atoms with Crippen LogP contribution in [0, 0.1) is 0 Å². The Morgan fingerprint density at radius 2 is 1.73 bits per heavy atom. The van der Waals surface area contributed by atoms with Crippen LogP contribution in [0.5, 0.6) is 0 Å². The van der Waals surface area contributed by atoms with Gasteiger partial charge in [-0.1, -0.05) is 42.8 Å². The maximum absolute atomic E-state index is 11.2.